The number of ether oxygens (including phenoxy) is 1. The zero-order valence-electron chi connectivity index (χ0n) is 18.2. The number of carbonyl (C=O) groups excluding carboxylic acids is 1. The SMILES string of the molecule is COc1ccc(/C=C/C(=O)c2cccc(O)c2)cc1CSc1nc(C(F)(F)F)cc(C)c1C#N. The highest BCUT2D eigenvalue weighted by atomic mass is 32.2. The normalized spacial score (nSPS) is 11.4. The molecule has 0 bridgehead atoms. The van der Waals surface area contributed by atoms with Crippen molar-refractivity contribution < 1.29 is 27.8 Å². The number of halogens is 3. The molecule has 0 saturated carbocycles. The number of carbonyl (C=O) groups is 1. The molecule has 0 saturated heterocycles. The summed E-state index contributed by atoms with van der Waals surface area (Å²) in [6, 6.07) is 13.9. The van der Waals surface area contributed by atoms with Gasteiger partial charge in [-0.05, 0) is 54.5 Å². The van der Waals surface area contributed by atoms with Crippen LogP contribution in [0.3, 0.4) is 0 Å². The maximum absolute atomic E-state index is 13.2. The molecule has 0 aliphatic heterocycles. The molecule has 1 N–H and O–H groups in total. The van der Waals surface area contributed by atoms with Crippen LogP contribution in [0.15, 0.2) is 59.6 Å². The van der Waals surface area contributed by atoms with E-state index in [9.17, 15) is 28.3 Å². The second kappa shape index (κ2) is 10.4. The van der Waals surface area contributed by atoms with Crippen molar-refractivity contribution in [2.24, 2.45) is 0 Å². The lowest BCUT2D eigenvalue weighted by molar-refractivity contribution is -0.141. The molecule has 3 aromatic rings. The van der Waals surface area contributed by atoms with Crippen LogP contribution < -0.4 is 4.74 Å². The number of aromatic hydroxyl groups is 1. The minimum atomic E-state index is -4.63. The molecule has 3 rings (SSSR count). The molecule has 0 radical (unpaired) electrons. The van der Waals surface area contributed by atoms with Gasteiger partial charge in [0.15, 0.2) is 5.78 Å². The van der Waals surface area contributed by atoms with Gasteiger partial charge in [0.25, 0.3) is 0 Å². The summed E-state index contributed by atoms with van der Waals surface area (Å²) in [6.07, 6.45) is -1.68. The number of pyridine rings is 1. The summed E-state index contributed by atoms with van der Waals surface area (Å²) < 4.78 is 44.9. The third-order valence-corrected chi connectivity index (χ3v) is 5.84. The number of hydrogen-bond donors (Lipinski definition) is 1. The van der Waals surface area contributed by atoms with Gasteiger partial charge in [0.2, 0.25) is 0 Å². The first kappa shape index (κ1) is 24.9. The van der Waals surface area contributed by atoms with Crippen molar-refractivity contribution in [3.63, 3.8) is 0 Å². The van der Waals surface area contributed by atoms with Crippen LogP contribution >= 0.6 is 11.8 Å². The van der Waals surface area contributed by atoms with Gasteiger partial charge in [0, 0.05) is 16.9 Å². The van der Waals surface area contributed by atoms with Gasteiger partial charge in [0.1, 0.15) is 28.3 Å². The van der Waals surface area contributed by atoms with Gasteiger partial charge in [-0.1, -0.05) is 24.3 Å². The van der Waals surface area contributed by atoms with E-state index in [1.165, 1.54) is 32.2 Å². The van der Waals surface area contributed by atoms with Crippen molar-refractivity contribution in [1.82, 2.24) is 4.98 Å². The summed E-state index contributed by atoms with van der Waals surface area (Å²) in [4.78, 5) is 16.0. The molecule has 0 spiro atoms. The molecule has 0 atom stereocenters. The summed E-state index contributed by atoms with van der Waals surface area (Å²) in [5.74, 6) is 0.377. The van der Waals surface area contributed by atoms with E-state index in [2.05, 4.69) is 4.98 Å². The molecule has 1 aromatic heterocycles. The minimum absolute atomic E-state index is 0.0156. The summed E-state index contributed by atoms with van der Waals surface area (Å²) in [5, 5.41) is 18.9. The predicted octanol–water partition coefficient (Wildman–Crippen LogP) is 6.18. The van der Waals surface area contributed by atoms with Gasteiger partial charge >= 0.3 is 6.18 Å². The van der Waals surface area contributed by atoms with Crippen LogP contribution in [-0.4, -0.2) is 23.0 Å². The standard InChI is InChI=1S/C25H19F3N2O3S/c1-15-10-23(25(26,27)28)30-24(20(15)13-29)34-14-18-11-16(7-9-22(18)33-2)6-8-21(32)17-4-3-5-19(31)12-17/h3-12,31H,14H2,1-2H3/b8-6+. The van der Waals surface area contributed by atoms with Gasteiger partial charge in [0.05, 0.1) is 12.7 Å². The Morgan fingerprint density at radius 2 is 2.00 bits per heavy atom. The number of allylic oxidation sites excluding steroid dienone is 1. The minimum Gasteiger partial charge on any atom is -0.508 e. The number of aryl methyl sites for hydroxylation is 1. The number of methoxy groups -OCH3 is 1. The summed E-state index contributed by atoms with van der Waals surface area (Å²) in [5.41, 5.74) is 0.876. The smallest absolute Gasteiger partial charge is 0.433 e. The zero-order valence-corrected chi connectivity index (χ0v) is 19.0. The van der Waals surface area contributed by atoms with E-state index in [1.54, 1.807) is 36.4 Å². The molecule has 0 amide bonds. The lowest BCUT2D eigenvalue weighted by atomic mass is 10.1. The number of nitrogens with zero attached hydrogens (tertiary/aromatic N) is 2. The molecule has 0 aliphatic carbocycles. The van der Waals surface area contributed by atoms with E-state index >= 15 is 0 Å². The number of phenols is 1. The Labute approximate surface area is 198 Å². The van der Waals surface area contributed by atoms with Crippen molar-refractivity contribution in [3.05, 3.63) is 88.1 Å². The Morgan fingerprint density at radius 1 is 1.24 bits per heavy atom. The lowest BCUT2D eigenvalue weighted by Gasteiger charge is -2.13. The number of thioether (sulfide) groups is 1. The fourth-order valence-electron chi connectivity index (χ4n) is 3.12. The van der Waals surface area contributed by atoms with Crippen LogP contribution in [0.1, 0.15) is 38.3 Å². The van der Waals surface area contributed by atoms with Crippen molar-refractivity contribution in [1.29, 1.82) is 5.26 Å². The van der Waals surface area contributed by atoms with Gasteiger partial charge in [-0.25, -0.2) is 4.98 Å². The first-order chi connectivity index (χ1) is 16.1. The molecule has 5 nitrogen and oxygen atoms in total. The molecular formula is C25H19F3N2O3S. The van der Waals surface area contributed by atoms with Crippen LogP contribution in [0.4, 0.5) is 13.2 Å². The average Bonchev–Trinajstić information content (AvgIpc) is 2.80. The van der Waals surface area contributed by atoms with E-state index in [4.69, 9.17) is 4.74 Å². The Kier molecular flexibility index (Phi) is 7.64. The van der Waals surface area contributed by atoms with Crippen molar-refractivity contribution >= 4 is 23.6 Å². The van der Waals surface area contributed by atoms with Crippen LogP contribution in [0.2, 0.25) is 0 Å². The molecule has 2 aromatic carbocycles. The number of aromatic nitrogens is 1. The number of nitriles is 1. The Morgan fingerprint density at radius 3 is 2.65 bits per heavy atom. The highest BCUT2D eigenvalue weighted by molar-refractivity contribution is 7.98. The summed E-state index contributed by atoms with van der Waals surface area (Å²) in [6.45, 7) is 1.44. The van der Waals surface area contributed by atoms with Crippen molar-refractivity contribution in [2.75, 3.05) is 7.11 Å². The fourth-order valence-corrected chi connectivity index (χ4v) is 4.15. The average molecular weight is 484 g/mol. The molecule has 34 heavy (non-hydrogen) atoms. The summed E-state index contributed by atoms with van der Waals surface area (Å²) in [7, 11) is 1.47. The Hall–Kier alpha value is -3.77. The quantitative estimate of drug-likeness (QED) is 0.245. The number of rotatable bonds is 7. The monoisotopic (exact) mass is 484 g/mol. The summed E-state index contributed by atoms with van der Waals surface area (Å²) >= 11 is 0.998. The van der Waals surface area contributed by atoms with Crippen molar-refractivity contribution in [3.8, 4) is 17.6 Å². The number of alkyl halides is 3. The lowest BCUT2D eigenvalue weighted by Crippen LogP contribution is -2.10. The highest BCUT2D eigenvalue weighted by Crippen LogP contribution is 2.35. The Balaban J connectivity index is 1.86. The van der Waals surface area contributed by atoms with Crippen LogP contribution in [0, 0.1) is 18.3 Å². The first-order valence-electron chi connectivity index (χ1n) is 9.92. The number of ketones is 1. The molecule has 9 heteroatoms. The molecular weight excluding hydrogens is 465 g/mol. The molecule has 0 fully saturated rings. The zero-order chi connectivity index (χ0) is 24.9. The third-order valence-electron chi connectivity index (χ3n) is 4.81. The molecule has 0 aliphatic rings. The molecule has 174 valence electrons. The second-order valence-electron chi connectivity index (χ2n) is 7.22. The number of hydrogen-bond acceptors (Lipinski definition) is 6. The van der Waals surface area contributed by atoms with E-state index in [0.29, 0.717) is 22.4 Å². The Bertz CT molecular complexity index is 1300. The van der Waals surface area contributed by atoms with Crippen LogP contribution in [-0.2, 0) is 11.9 Å². The highest BCUT2D eigenvalue weighted by Gasteiger charge is 2.34. The van der Waals surface area contributed by atoms with Crippen molar-refractivity contribution in [2.45, 2.75) is 23.9 Å². The van der Waals surface area contributed by atoms with Crippen LogP contribution in [0.25, 0.3) is 6.08 Å². The second-order valence-corrected chi connectivity index (χ2v) is 8.19. The van der Waals surface area contributed by atoms with Gasteiger partial charge < -0.3 is 9.84 Å². The van der Waals surface area contributed by atoms with E-state index in [1.807, 2.05) is 6.07 Å². The maximum atomic E-state index is 13.2. The largest absolute Gasteiger partial charge is 0.508 e. The van der Waals surface area contributed by atoms with Gasteiger partial charge in [-0.3, -0.25) is 4.79 Å². The topological polar surface area (TPSA) is 83.2 Å². The van der Waals surface area contributed by atoms with Crippen LogP contribution in [0.5, 0.6) is 11.5 Å². The molecule has 0 unspecified atom stereocenters. The molecule has 1 heterocycles. The van der Waals surface area contributed by atoms with E-state index in [0.717, 1.165) is 17.8 Å². The van der Waals surface area contributed by atoms with Gasteiger partial charge in [-0.2, -0.15) is 18.4 Å². The van der Waals surface area contributed by atoms with E-state index < -0.39 is 11.9 Å². The van der Waals surface area contributed by atoms with E-state index in [-0.39, 0.29) is 33.4 Å². The fraction of sp³-hybridized carbons (Fsp3) is 0.160. The number of benzene rings is 2. The van der Waals surface area contributed by atoms with Gasteiger partial charge in [-0.15, -0.1) is 11.8 Å². The maximum Gasteiger partial charge on any atom is 0.433 e. The predicted molar refractivity (Wildman–Crippen MR) is 123 cm³/mol. The third kappa shape index (κ3) is 5.97. The number of phenolic OH excluding ortho intramolecular Hbond substituents is 1. The first-order valence-corrected chi connectivity index (χ1v) is 10.9.